The Hall–Kier alpha value is -4.53. The van der Waals surface area contributed by atoms with Crippen LogP contribution in [-0.4, -0.2) is 81.7 Å². The van der Waals surface area contributed by atoms with E-state index < -0.39 is 33.1 Å². The van der Waals surface area contributed by atoms with Crippen molar-refractivity contribution in [1.29, 1.82) is 0 Å². The number of ether oxygens (including phenoxy) is 4. The SMILES string of the molecule is CCOc1ccc(S(=O)(=O)N2Cc3ccccc3CC2C(=O)NCCN2C(=O)SC(=Cc3cc(OC)c(OC)c(OC)c3)C2=O)cc1. The van der Waals surface area contributed by atoms with E-state index in [9.17, 15) is 22.8 Å². The second-order valence-corrected chi connectivity index (χ2v) is 13.4. The lowest BCUT2D eigenvalue weighted by molar-refractivity contribution is -0.126. The molecule has 3 aromatic rings. The molecule has 1 fully saturated rings. The van der Waals surface area contributed by atoms with E-state index >= 15 is 0 Å². The van der Waals surface area contributed by atoms with Crippen LogP contribution in [0.25, 0.3) is 6.08 Å². The second kappa shape index (κ2) is 14.5. The van der Waals surface area contributed by atoms with Gasteiger partial charge in [0.2, 0.25) is 21.7 Å². The first-order valence-electron chi connectivity index (χ1n) is 14.8. The van der Waals surface area contributed by atoms with E-state index in [2.05, 4.69) is 5.32 Å². The molecule has 0 bridgehead atoms. The van der Waals surface area contributed by atoms with E-state index in [4.69, 9.17) is 18.9 Å². The highest BCUT2D eigenvalue weighted by Gasteiger charge is 2.40. The van der Waals surface area contributed by atoms with Gasteiger partial charge in [0, 0.05) is 19.6 Å². The molecule has 1 saturated heterocycles. The van der Waals surface area contributed by atoms with Crippen LogP contribution in [-0.2, 0) is 32.6 Å². The number of sulfonamides is 1. The molecule has 14 heteroatoms. The Kier molecular flexibility index (Phi) is 10.4. The molecule has 248 valence electrons. The number of rotatable bonds is 12. The maximum absolute atomic E-state index is 13.8. The van der Waals surface area contributed by atoms with Crippen molar-refractivity contribution in [3.8, 4) is 23.0 Å². The quantitative estimate of drug-likeness (QED) is 0.278. The van der Waals surface area contributed by atoms with Gasteiger partial charge >= 0.3 is 0 Å². The number of fused-ring (bicyclic) bond motifs is 1. The van der Waals surface area contributed by atoms with Crippen molar-refractivity contribution in [2.45, 2.75) is 30.8 Å². The summed E-state index contributed by atoms with van der Waals surface area (Å²) in [6, 6.07) is 15.7. The molecule has 0 radical (unpaired) electrons. The standard InChI is InChI=1S/C33H35N3O9S2/c1-5-45-24-10-12-25(13-11-24)47(40,41)36-20-23-9-7-6-8-22(23)19-26(36)31(37)34-14-15-35-32(38)29(46-33(35)39)18-21-16-27(42-2)30(44-4)28(17-21)43-3/h6-13,16-18,26H,5,14-15,19-20H2,1-4H3,(H,34,37). The fourth-order valence-electron chi connectivity index (χ4n) is 5.42. The molecule has 0 aromatic heterocycles. The monoisotopic (exact) mass is 681 g/mol. The molecule has 3 amide bonds. The molecule has 1 N–H and O–H groups in total. The Morgan fingerprint density at radius 1 is 0.979 bits per heavy atom. The second-order valence-electron chi connectivity index (χ2n) is 10.5. The zero-order valence-electron chi connectivity index (χ0n) is 26.3. The molecule has 47 heavy (non-hydrogen) atoms. The number of imide groups is 1. The number of nitrogens with one attached hydrogen (secondary N) is 1. The highest BCUT2D eigenvalue weighted by molar-refractivity contribution is 8.18. The van der Waals surface area contributed by atoms with Crippen molar-refractivity contribution in [2.75, 3.05) is 41.0 Å². The Morgan fingerprint density at radius 3 is 2.26 bits per heavy atom. The third-order valence-electron chi connectivity index (χ3n) is 7.74. The summed E-state index contributed by atoms with van der Waals surface area (Å²) in [7, 11) is 0.356. The van der Waals surface area contributed by atoms with Gasteiger partial charge in [-0.2, -0.15) is 4.31 Å². The first-order chi connectivity index (χ1) is 22.6. The minimum Gasteiger partial charge on any atom is -0.494 e. The maximum Gasteiger partial charge on any atom is 0.293 e. The number of hydrogen-bond acceptors (Lipinski definition) is 10. The predicted octanol–water partition coefficient (Wildman–Crippen LogP) is 4.08. The third-order valence-corrected chi connectivity index (χ3v) is 10.5. The molecule has 2 heterocycles. The molecular weight excluding hydrogens is 647 g/mol. The smallest absolute Gasteiger partial charge is 0.293 e. The van der Waals surface area contributed by atoms with Crippen LogP contribution < -0.4 is 24.3 Å². The van der Waals surface area contributed by atoms with Crippen LogP contribution in [0.3, 0.4) is 0 Å². The number of hydrogen-bond donors (Lipinski definition) is 1. The molecule has 0 aliphatic carbocycles. The number of nitrogens with zero attached hydrogens (tertiary/aromatic N) is 2. The summed E-state index contributed by atoms with van der Waals surface area (Å²) in [6.07, 6.45) is 1.72. The first kappa shape index (κ1) is 33.8. The van der Waals surface area contributed by atoms with Gasteiger partial charge in [-0.15, -0.1) is 0 Å². The Bertz CT molecular complexity index is 1780. The van der Waals surface area contributed by atoms with Crippen LogP contribution in [0.15, 0.2) is 70.5 Å². The van der Waals surface area contributed by atoms with Crippen molar-refractivity contribution >= 4 is 44.9 Å². The number of amides is 3. The topological polar surface area (TPSA) is 141 Å². The molecule has 0 saturated carbocycles. The molecule has 2 aliphatic rings. The van der Waals surface area contributed by atoms with Gasteiger partial charge in [0.15, 0.2) is 11.5 Å². The average molecular weight is 682 g/mol. The highest BCUT2D eigenvalue weighted by Crippen LogP contribution is 2.40. The van der Waals surface area contributed by atoms with Gasteiger partial charge in [0.25, 0.3) is 11.1 Å². The number of carbonyl (C=O) groups excluding carboxylic acids is 3. The van der Waals surface area contributed by atoms with Crippen LogP contribution in [0.5, 0.6) is 23.0 Å². The van der Waals surface area contributed by atoms with Gasteiger partial charge in [-0.25, -0.2) is 8.42 Å². The lowest BCUT2D eigenvalue weighted by Gasteiger charge is -2.35. The molecular formula is C33H35N3O9S2. The zero-order chi connectivity index (χ0) is 33.7. The predicted molar refractivity (Wildman–Crippen MR) is 176 cm³/mol. The summed E-state index contributed by atoms with van der Waals surface area (Å²) in [5.74, 6) is 0.662. The fraction of sp³-hybridized carbons (Fsp3) is 0.303. The van der Waals surface area contributed by atoms with Crippen molar-refractivity contribution in [2.24, 2.45) is 0 Å². The van der Waals surface area contributed by atoms with Crippen LogP contribution in [0.2, 0.25) is 0 Å². The van der Waals surface area contributed by atoms with E-state index in [1.165, 1.54) is 37.8 Å². The van der Waals surface area contributed by atoms with E-state index in [1.807, 2.05) is 31.2 Å². The minimum absolute atomic E-state index is 0.0125. The summed E-state index contributed by atoms with van der Waals surface area (Å²) in [5.41, 5.74) is 2.24. The third kappa shape index (κ3) is 7.09. The Labute approximate surface area is 277 Å². The van der Waals surface area contributed by atoms with Crippen molar-refractivity contribution in [1.82, 2.24) is 14.5 Å². The molecule has 2 aliphatic heterocycles. The van der Waals surface area contributed by atoms with Gasteiger partial charge in [-0.05, 0) is 84.3 Å². The lowest BCUT2D eigenvalue weighted by atomic mass is 9.95. The van der Waals surface area contributed by atoms with Crippen molar-refractivity contribution < 1.29 is 41.7 Å². The molecule has 12 nitrogen and oxygen atoms in total. The van der Waals surface area contributed by atoms with Gasteiger partial charge < -0.3 is 24.3 Å². The first-order valence-corrected chi connectivity index (χ1v) is 17.0. The fourth-order valence-corrected chi connectivity index (χ4v) is 7.85. The van der Waals surface area contributed by atoms with E-state index in [0.29, 0.717) is 35.2 Å². The normalized spacial score (nSPS) is 17.4. The Morgan fingerprint density at radius 2 is 1.64 bits per heavy atom. The summed E-state index contributed by atoms with van der Waals surface area (Å²) >= 11 is 0.774. The molecule has 0 spiro atoms. The van der Waals surface area contributed by atoms with Crippen LogP contribution in [0, 0.1) is 0 Å². The minimum atomic E-state index is -4.08. The van der Waals surface area contributed by atoms with E-state index in [1.54, 1.807) is 30.3 Å². The number of thioether (sulfide) groups is 1. The summed E-state index contributed by atoms with van der Waals surface area (Å²) in [5, 5.41) is 2.26. The maximum atomic E-state index is 13.8. The average Bonchev–Trinajstić information content (AvgIpc) is 3.34. The molecule has 3 aromatic carbocycles. The molecule has 1 atom stereocenters. The van der Waals surface area contributed by atoms with Crippen molar-refractivity contribution in [3.05, 3.63) is 82.3 Å². The largest absolute Gasteiger partial charge is 0.494 e. The van der Waals surface area contributed by atoms with E-state index in [0.717, 1.165) is 27.8 Å². The number of methoxy groups -OCH3 is 3. The molecule has 1 unspecified atom stereocenters. The summed E-state index contributed by atoms with van der Waals surface area (Å²) < 4.78 is 50.4. The van der Waals surface area contributed by atoms with Gasteiger partial charge in [-0.3, -0.25) is 19.3 Å². The van der Waals surface area contributed by atoms with Gasteiger partial charge in [0.05, 0.1) is 37.7 Å². The lowest BCUT2D eigenvalue weighted by Crippen LogP contribution is -2.53. The van der Waals surface area contributed by atoms with E-state index in [-0.39, 0.29) is 35.9 Å². The van der Waals surface area contributed by atoms with Gasteiger partial charge in [-0.1, -0.05) is 24.3 Å². The zero-order valence-corrected chi connectivity index (χ0v) is 28.0. The van der Waals surface area contributed by atoms with Crippen molar-refractivity contribution in [3.63, 3.8) is 0 Å². The Balaban J connectivity index is 1.30. The van der Waals surface area contributed by atoms with Crippen LogP contribution >= 0.6 is 11.8 Å². The van der Waals surface area contributed by atoms with Gasteiger partial charge in [0.1, 0.15) is 11.8 Å². The van der Waals surface area contributed by atoms with Crippen LogP contribution in [0.4, 0.5) is 4.79 Å². The summed E-state index contributed by atoms with van der Waals surface area (Å²) in [4.78, 5) is 40.8. The summed E-state index contributed by atoms with van der Waals surface area (Å²) in [6.45, 7) is 2.12. The number of carbonyl (C=O) groups is 3. The molecule has 5 rings (SSSR count). The van der Waals surface area contributed by atoms with Crippen LogP contribution in [0.1, 0.15) is 23.6 Å². The number of benzene rings is 3. The highest BCUT2D eigenvalue weighted by atomic mass is 32.2.